The summed E-state index contributed by atoms with van der Waals surface area (Å²) in [5, 5.41) is 0. The molecule has 0 amide bonds. The second kappa shape index (κ2) is 4.31. The van der Waals surface area contributed by atoms with Crippen LogP contribution in [0.4, 0.5) is 5.82 Å². The standard InChI is InChI=1S/C13H19N3O3/c1-12(2)6-16(10-5-11(17)15-9-14-10)7-13(19-12)3-4-18-8-13/h5,9H,3-4,6-8H2,1-2H3,(H,14,15,17). The maximum atomic E-state index is 11.4. The number of H-pyrrole nitrogens is 1. The third-order valence-electron chi connectivity index (χ3n) is 3.60. The summed E-state index contributed by atoms with van der Waals surface area (Å²) < 4.78 is 11.7. The molecule has 104 valence electrons. The van der Waals surface area contributed by atoms with E-state index in [9.17, 15) is 4.79 Å². The summed E-state index contributed by atoms with van der Waals surface area (Å²) in [7, 11) is 0. The van der Waals surface area contributed by atoms with Gasteiger partial charge in [0.05, 0.1) is 25.1 Å². The van der Waals surface area contributed by atoms with E-state index in [4.69, 9.17) is 9.47 Å². The molecule has 6 nitrogen and oxygen atoms in total. The molecule has 2 aliphatic heterocycles. The Hall–Kier alpha value is -1.40. The van der Waals surface area contributed by atoms with Crippen LogP contribution in [0.25, 0.3) is 0 Å². The maximum Gasteiger partial charge on any atom is 0.252 e. The summed E-state index contributed by atoms with van der Waals surface area (Å²) in [6.45, 7) is 6.89. The molecular weight excluding hydrogens is 246 g/mol. The highest BCUT2D eigenvalue weighted by Crippen LogP contribution is 2.35. The molecule has 3 rings (SSSR count). The van der Waals surface area contributed by atoms with Crippen LogP contribution in [0.1, 0.15) is 20.3 Å². The molecule has 3 heterocycles. The Balaban J connectivity index is 1.91. The van der Waals surface area contributed by atoms with Crippen molar-refractivity contribution in [1.82, 2.24) is 9.97 Å². The van der Waals surface area contributed by atoms with Gasteiger partial charge >= 0.3 is 0 Å². The van der Waals surface area contributed by atoms with Gasteiger partial charge in [0.1, 0.15) is 11.4 Å². The van der Waals surface area contributed by atoms with E-state index in [1.165, 1.54) is 12.4 Å². The molecular formula is C13H19N3O3. The first-order chi connectivity index (χ1) is 8.98. The Morgan fingerprint density at radius 2 is 2.26 bits per heavy atom. The molecule has 1 aromatic heterocycles. The second-order valence-electron chi connectivity index (χ2n) is 5.97. The predicted octanol–water partition coefficient (Wildman–Crippen LogP) is 0.544. The van der Waals surface area contributed by atoms with Crippen LogP contribution in [0.5, 0.6) is 0 Å². The van der Waals surface area contributed by atoms with E-state index in [1.807, 2.05) is 0 Å². The molecule has 0 radical (unpaired) electrons. The van der Waals surface area contributed by atoms with Gasteiger partial charge in [-0.3, -0.25) is 4.79 Å². The van der Waals surface area contributed by atoms with Crippen LogP contribution in [0.3, 0.4) is 0 Å². The lowest BCUT2D eigenvalue weighted by Gasteiger charge is -2.48. The number of rotatable bonds is 1. The number of aromatic nitrogens is 2. The van der Waals surface area contributed by atoms with Gasteiger partial charge in [-0.2, -0.15) is 0 Å². The van der Waals surface area contributed by atoms with Crippen LogP contribution in [0.2, 0.25) is 0 Å². The number of aromatic amines is 1. The molecule has 0 saturated carbocycles. The number of nitrogens with zero attached hydrogens (tertiary/aromatic N) is 2. The molecule has 0 aromatic carbocycles. The minimum atomic E-state index is -0.282. The summed E-state index contributed by atoms with van der Waals surface area (Å²) in [5.41, 5.74) is -0.687. The summed E-state index contributed by atoms with van der Waals surface area (Å²) in [5.74, 6) is 0.700. The fourth-order valence-electron chi connectivity index (χ4n) is 3.00. The summed E-state index contributed by atoms with van der Waals surface area (Å²) in [6.07, 6.45) is 2.33. The third-order valence-corrected chi connectivity index (χ3v) is 3.60. The van der Waals surface area contributed by atoms with Crippen LogP contribution >= 0.6 is 0 Å². The normalized spacial score (nSPS) is 29.9. The van der Waals surface area contributed by atoms with Crippen molar-refractivity contribution in [2.45, 2.75) is 31.5 Å². The number of nitrogens with one attached hydrogen (secondary N) is 1. The quantitative estimate of drug-likeness (QED) is 0.803. The molecule has 6 heteroatoms. The van der Waals surface area contributed by atoms with Crippen LogP contribution < -0.4 is 10.5 Å². The number of anilines is 1. The van der Waals surface area contributed by atoms with Gasteiger partial charge in [-0.15, -0.1) is 0 Å². The van der Waals surface area contributed by atoms with Gasteiger partial charge in [0.15, 0.2) is 0 Å². The lowest BCUT2D eigenvalue weighted by molar-refractivity contribution is -0.151. The van der Waals surface area contributed by atoms with Crippen LogP contribution in [-0.4, -0.2) is 47.5 Å². The third kappa shape index (κ3) is 2.50. The van der Waals surface area contributed by atoms with Crippen LogP contribution in [0.15, 0.2) is 17.2 Å². The Labute approximate surface area is 111 Å². The first-order valence-electron chi connectivity index (χ1n) is 6.56. The molecule has 1 aromatic rings. The lowest BCUT2D eigenvalue weighted by atomic mass is 9.95. The molecule has 19 heavy (non-hydrogen) atoms. The van der Waals surface area contributed by atoms with Crippen LogP contribution in [0, 0.1) is 0 Å². The SMILES string of the molecule is CC1(C)CN(c2cc(=O)[nH]cn2)CC2(CCOC2)O1. The molecule has 2 saturated heterocycles. The molecule has 1 spiro atoms. The maximum absolute atomic E-state index is 11.4. The molecule has 1 N–H and O–H groups in total. The van der Waals surface area contributed by atoms with E-state index in [0.29, 0.717) is 25.5 Å². The zero-order valence-corrected chi connectivity index (χ0v) is 11.3. The van der Waals surface area contributed by atoms with Gasteiger partial charge in [0.2, 0.25) is 0 Å². The molecule has 0 bridgehead atoms. The highest BCUT2D eigenvalue weighted by Gasteiger charge is 2.47. The fourth-order valence-corrected chi connectivity index (χ4v) is 3.00. The predicted molar refractivity (Wildman–Crippen MR) is 70.4 cm³/mol. The monoisotopic (exact) mass is 265 g/mol. The number of ether oxygens (including phenoxy) is 2. The van der Waals surface area contributed by atoms with Crippen molar-refractivity contribution in [2.75, 3.05) is 31.2 Å². The number of morpholine rings is 1. The van der Waals surface area contributed by atoms with Gasteiger partial charge in [0.25, 0.3) is 5.56 Å². The van der Waals surface area contributed by atoms with Crippen molar-refractivity contribution in [1.29, 1.82) is 0 Å². The summed E-state index contributed by atoms with van der Waals surface area (Å²) in [6, 6.07) is 1.53. The highest BCUT2D eigenvalue weighted by molar-refractivity contribution is 5.39. The van der Waals surface area contributed by atoms with Gasteiger partial charge in [0, 0.05) is 25.6 Å². The fraction of sp³-hybridized carbons (Fsp3) is 0.692. The second-order valence-corrected chi connectivity index (χ2v) is 5.97. The Morgan fingerprint density at radius 1 is 1.42 bits per heavy atom. The van der Waals surface area contributed by atoms with Crippen molar-refractivity contribution >= 4 is 5.82 Å². The molecule has 2 aliphatic rings. The minimum absolute atomic E-state index is 0.133. The topological polar surface area (TPSA) is 67.5 Å². The van der Waals surface area contributed by atoms with Crippen molar-refractivity contribution < 1.29 is 9.47 Å². The Morgan fingerprint density at radius 3 is 2.95 bits per heavy atom. The summed E-state index contributed by atoms with van der Waals surface area (Å²) in [4.78, 5) is 20.3. The smallest absolute Gasteiger partial charge is 0.252 e. The van der Waals surface area contributed by atoms with Gasteiger partial charge in [-0.25, -0.2) is 4.98 Å². The Bertz CT molecular complexity index is 520. The highest BCUT2D eigenvalue weighted by atomic mass is 16.6. The molecule has 1 unspecified atom stereocenters. The largest absolute Gasteiger partial charge is 0.378 e. The average molecular weight is 265 g/mol. The zero-order chi connectivity index (χ0) is 13.5. The van der Waals surface area contributed by atoms with E-state index in [1.54, 1.807) is 0 Å². The first kappa shape index (κ1) is 12.6. The number of hydrogen-bond acceptors (Lipinski definition) is 5. The average Bonchev–Trinajstić information content (AvgIpc) is 2.74. The summed E-state index contributed by atoms with van der Waals surface area (Å²) >= 11 is 0. The van der Waals surface area contributed by atoms with Crippen molar-refractivity contribution in [3.63, 3.8) is 0 Å². The molecule has 2 fully saturated rings. The van der Waals surface area contributed by atoms with Crippen molar-refractivity contribution in [2.24, 2.45) is 0 Å². The van der Waals surface area contributed by atoms with Gasteiger partial charge < -0.3 is 19.4 Å². The lowest BCUT2D eigenvalue weighted by Crippen LogP contribution is -2.60. The first-order valence-corrected chi connectivity index (χ1v) is 6.56. The van der Waals surface area contributed by atoms with Crippen molar-refractivity contribution in [3.05, 3.63) is 22.7 Å². The van der Waals surface area contributed by atoms with E-state index >= 15 is 0 Å². The van der Waals surface area contributed by atoms with Gasteiger partial charge in [-0.05, 0) is 13.8 Å². The van der Waals surface area contributed by atoms with Crippen molar-refractivity contribution in [3.8, 4) is 0 Å². The van der Waals surface area contributed by atoms with Crippen LogP contribution in [-0.2, 0) is 9.47 Å². The minimum Gasteiger partial charge on any atom is -0.378 e. The van der Waals surface area contributed by atoms with E-state index in [2.05, 4.69) is 28.7 Å². The number of hydrogen-bond donors (Lipinski definition) is 1. The van der Waals surface area contributed by atoms with E-state index < -0.39 is 0 Å². The van der Waals surface area contributed by atoms with E-state index in [-0.39, 0.29) is 16.8 Å². The molecule has 1 atom stereocenters. The van der Waals surface area contributed by atoms with Gasteiger partial charge in [-0.1, -0.05) is 0 Å². The zero-order valence-electron chi connectivity index (χ0n) is 11.3. The Kier molecular flexibility index (Phi) is 2.87. The molecule has 0 aliphatic carbocycles. The van der Waals surface area contributed by atoms with E-state index in [0.717, 1.165) is 13.0 Å².